The molecule has 1 aromatic carbocycles. The van der Waals surface area contributed by atoms with E-state index >= 15 is 0 Å². The number of nitrogens with two attached hydrogens (primary N) is 1. The molecule has 0 spiro atoms. The molecule has 114 valence electrons. The largest absolute Gasteiger partial charge is 0.342 e. The lowest BCUT2D eigenvalue weighted by molar-refractivity contribution is 0.487. The zero-order valence-electron chi connectivity index (χ0n) is 13.6. The number of nitrogens with one attached hydrogen (secondary N) is 1. The number of benzene rings is 1. The molecular formula is C18H27N3. The summed E-state index contributed by atoms with van der Waals surface area (Å²) in [4.78, 5) is 7.95. The zero-order chi connectivity index (χ0) is 15.4. The van der Waals surface area contributed by atoms with Crippen LogP contribution in [0, 0.1) is 11.8 Å². The Bertz CT molecular complexity index is 552. The van der Waals surface area contributed by atoms with Crippen LogP contribution in [0.5, 0.6) is 0 Å². The smallest absolute Gasteiger partial charge is 0.111 e. The Morgan fingerprint density at radius 1 is 1.10 bits per heavy atom. The molecule has 2 rings (SSSR count). The van der Waals surface area contributed by atoms with Crippen LogP contribution in [0.25, 0.3) is 11.3 Å². The highest BCUT2D eigenvalue weighted by molar-refractivity contribution is 5.59. The third-order valence-corrected chi connectivity index (χ3v) is 3.91. The van der Waals surface area contributed by atoms with Gasteiger partial charge in [0.15, 0.2) is 0 Å². The van der Waals surface area contributed by atoms with Gasteiger partial charge in [0, 0.05) is 12.5 Å². The summed E-state index contributed by atoms with van der Waals surface area (Å²) < 4.78 is 0. The number of rotatable bonds is 6. The second-order valence-electron chi connectivity index (χ2n) is 6.56. The van der Waals surface area contributed by atoms with Gasteiger partial charge < -0.3 is 10.7 Å². The van der Waals surface area contributed by atoms with Crippen molar-refractivity contribution >= 4 is 0 Å². The molecular weight excluding hydrogens is 258 g/mol. The molecule has 0 bridgehead atoms. The fraction of sp³-hybridized carbons (Fsp3) is 0.500. The Labute approximate surface area is 128 Å². The van der Waals surface area contributed by atoms with E-state index in [0.717, 1.165) is 17.9 Å². The summed E-state index contributed by atoms with van der Waals surface area (Å²) in [6.07, 6.45) is 3.04. The predicted molar refractivity (Wildman–Crippen MR) is 89.2 cm³/mol. The van der Waals surface area contributed by atoms with Crippen LogP contribution in [0.1, 0.15) is 45.0 Å². The highest BCUT2D eigenvalue weighted by atomic mass is 14.9. The number of imidazole rings is 1. The number of hydrogen-bond donors (Lipinski definition) is 2. The van der Waals surface area contributed by atoms with Gasteiger partial charge in [-0.25, -0.2) is 4.98 Å². The molecule has 0 saturated carbocycles. The molecule has 3 heteroatoms. The molecule has 0 saturated heterocycles. The van der Waals surface area contributed by atoms with E-state index < -0.39 is 0 Å². The molecule has 1 unspecified atom stereocenters. The minimum atomic E-state index is 0.291. The lowest BCUT2D eigenvalue weighted by atomic mass is 9.95. The Kier molecular flexibility index (Phi) is 5.18. The molecule has 0 aliphatic carbocycles. The Hall–Kier alpha value is -1.61. The van der Waals surface area contributed by atoms with Crippen molar-refractivity contribution in [2.75, 3.05) is 6.54 Å². The van der Waals surface area contributed by atoms with Crippen LogP contribution in [-0.4, -0.2) is 16.5 Å². The molecule has 0 aliphatic heterocycles. The first kappa shape index (κ1) is 15.8. The molecule has 21 heavy (non-hydrogen) atoms. The van der Waals surface area contributed by atoms with Crippen LogP contribution in [0.4, 0.5) is 0 Å². The maximum atomic E-state index is 5.86. The summed E-state index contributed by atoms with van der Waals surface area (Å²) in [5, 5.41) is 0. The maximum absolute atomic E-state index is 5.86. The lowest BCUT2D eigenvalue weighted by Crippen LogP contribution is -2.19. The second kappa shape index (κ2) is 6.90. The van der Waals surface area contributed by atoms with E-state index in [1.165, 1.54) is 11.1 Å². The fourth-order valence-corrected chi connectivity index (χ4v) is 2.66. The average molecular weight is 285 g/mol. The molecule has 1 aromatic heterocycles. The quantitative estimate of drug-likeness (QED) is 0.843. The van der Waals surface area contributed by atoms with Gasteiger partial charge in [0.1, 0.15) is 5.82 Å². The van der Waals surface area contributed by atoms with Crippen LogP contribution in [0.2, 0.25) is 0 Å². The minimum absolute atomic E-state index is 0.291. The van der Waals surface area contributed by atoms with Gasteiger partial charge in [-0.3, -0.25) is 0 Å². The zero-order valence-corrected chi connectivity index (χ0v) is 13.6. The summed E-state index contributed by atoms with van der Waals surface area (Å²) in [5.41, 5.74) is 9.50. The van der Waals surface area contributed by atoms with Crippen molar-refractivity contribution in [2.45, 2.75) is 40.0 Å². The van der Waals surface area contributed by atoms with E-state index in [4.69, 9.17) is 5.73 Å². The molecule has 3 N–H and O–H groups in total. The average Bonchev–Trinajstić information content (AvgIpc) is 2.89. The van der Waals surface area contributed by atoms with E-state index in [9.17, 15) is 0 Å². The van der Waals surface area contributed by atoms with Crippen molar-refractivity contribution in [3.8, 4) is 11.3 Å². The van der Waals surface area contributed by atoms with Crippen molar-refractivity contribution < 1.29 is 0 Å². The molecule has 1 atom stereocenters. The van der Waals surface area contributed by atoms with Crippen molar-refractivity contribution in [3.05, 3.63) is 41.9 Å². The van der Waals surface area contributed by atoms with Gasteiger partial charge in [-0.15, -0.1) is 0 Å². The molecule has 0 amide bonds. The van der Waals surface area contributed by atoms with E-state index in [0.29, 0.717) is 24.3 Å². The summed E-state index contributed by atoms with van der Waals surface area (Å²) in [6.45, 7) is 9.47. The summed E-state index contributed by atoms with van der Waals surface area (Å²) in [5.74, 6) is 2.46. The van der Waals surface area contributed by atoms with Gasteiger partial charge in [-0.05, 0) is 29.4 Å². The topological polar surface area (TPSA) is 54.7 Å². The van der Waals surface area contributed by atoms with Crippen LogP contribution in [-0.2, 0) is 6.42 Å². The number of nitrogens with zero attached hydrogens (tertiary/aromatic N) is 1. The van der Waals surface area contributed by atoms with Gasteiger partial charge >= 0.3 is 0 Å². The summed E-state index contributed by atoms with van der Waals surface area (Å²) in [7, 11) is 0. The summed E-state index contributed by atoms with van der Waals surface area (Å²) in [6, 6.07) is 8.75. The monoisotopic (exact) mass is 285 g/mol. The minimum Gasteiger partial charge on any atom is -0.342 e. The highest BCUT2D eigenvalue weighted by Gasteiger charge is 2.17. The van der Waals surface area contributed by atoms with Gasteiger partial charge in [-0.1, -0.05) is 52.0 Å². The number of H-pyrrole nitrogens is 1. The van der Waals surface area contributed by atoms with E-state index in [1.54, 1.807) is 0 Å². The number of aromatic nitrogens is 2. The van der Waals surface area contributed by atoms with Gasteiger partial charge in [-0.2, -0.15) is 0 Å². The van der Waals surface area contributed by atoms with E-state index in [1.807, 2.05) is 6.20 Å². The first-order chi connectivity index (χ1) is 10.0. The first-order valence-electron chi connectivity index (χ1n) is 7.85. The van der Waals surface area contributed by atoms with Crippen molar-refractivity contribution in [1.29, 1.82) is 0 Å². The normalized spacial score (nSPS) is 13.1. The molecule has 2 aromatic rings. The molecule has 3 nitrogen and oxygen atoms in total. The molecule has 0 fully saturated rings. The third-order valence-electron chi connectivity index (χ3n) is 3.91. The third kappa shape index (κ3) is 3.94. The predicted octanol–water partition coefficient (Wildman–Crippen LogP) is 3.97. The maximum Gasteiger partial charge on any atom is 0.111 e. The van der Waals surface area contributed by atoms with E-state index in [-0.39, 0.29) is 0 Å². The standard InChI is InChI=1S/C18H27N3/c1-12(2)9-14-5-7-15(8-6-14)17-11-20-18(21-17)16(10-19)13(3)4/h5-8,11-13,16H,9-10,19H2,1-4H3,(H,20,21). The lowest BCUT2D eigenvalue weighted by Gasteiger charge is -2.15. The van der Waals surface area contributed by atoms with Crippen molar-refractivity contribution in [2.24, 2.45) is 17.6 Å². The van der Waals surface area contributed by atoms with Gasteiger partial charge in [0.25, 0.3) is 0 Å². The molecule has 0 radical (unpaired) electrons. The Balaban J connectivity index is 2.17. The van der Waals surface area contributed by atoms with E-state index in [2.05, 4.69) is 61.9 Å². The van der Waals surface area contributed by atoms with Crippen LogP contribution in [0.3, 0.4) is 0 Å². The van der Waals surface area contributed by atoms with Crippen molar-refractivity contribution in [1.82, 2.24) is 9.97 Å². The van der Waals surface area contributed by atoms with Crippen molar-refractivity contribution in [3.63, 3.8) is 0 Å². The van der Waals surface area contributed by atoms with Crippen LogP contribution < -0.4 is 5.73 Å². The molecule has 1 heterocycles. The second-order valence-corrected chi connectivity index (χ2v) is 6.56. The Morgan fingerprint density at radius 2 is 1.76 bits per heavy atom. The van der Waals surface area contributed by atoms with Gasteiger partial charge in [0.2, 0.25) is 0 Å². The number of aromatic amines is 1. The molecule has 0 aliphatic rings. The first-order valence-corrected chi connectivity index (χ1v) is 7.85. The SMILES string of the molecule is CC(C)Cc1ccc(-c2cnc(C(CN)C(C)C)[nH]2)cc1. The van der Waals surface area contributed by atoms with Crippen LogP contribution >= 0.6 is 0 Å². The fourth-order valence-electron chi connectivity index (χ4n) is 2.66. The summed E-state index contributed by atoms with van der Waals surface area (Å²) >= 11 is 0. The van der Waals surface area contributed by atoms with Crippen LogP contribution in [0.15, 0.2) is 30.5 Å². The highest BCUT2D eigenvalue weighted by Crippen LogP contribution is 2.24. The number of hydrogen-bond acceptors (Lipinski definition) is 2. The van der Waals surface area contributed by atoms with Gasteiger partial charge in [0.05, 0.1) is 11.9 Å². The Morgan fingerprint density at radius 3 is 2.29 bits per heavy atom.